The summed E-state index contributed by atoms with van der Waals surface area (Å²) in [6.45, 7) is 16.9. The summed E-state index contributed by atoms with van der Waals surface area (Å²) in [5, 5.41) is 3.92. The topological polar surface area (TPSA) is 42.8 Å². The van der Waals surface area contributed by atoms with Gasteiger partial charge in [-0.25, -0.2) is 0 Å². The summed E-state index contributed by atoms with van der Waals surface area (Å²) in [5.74, 6) is 1.18. The number of nitrogens with zero attached hydrogens (tertiary/aromatic N) is 1. The van der Waals surface area contributed by atoms with Gasteiger partial charge < -0.3 is 4.84 Å². The van der Waals surface area contributed by atoms with Crippen molar-refractivity contribution < 1.29 is 9.68 Å². The molecule has 0 aromatic carbocycles. The average Bonchev–Trinajstić information content (AvgIpc) is 2.11. The van der Waals surface area contributed by atoms with E-state index >= 15 is 0 Å². The number of oxime groups is 1. The van der Waals surface area contributed by atoms with Crippen molar-refractivity contribution in [1.29, 1.82) is 0 Å². The molecule has 0 aromatic rings. The molecule has 4 nitrogen and oxygen atoms in total. The Hall–Kier alpha value is -0.770. The van der Waals surface area contributed by atoms with Crippen LogP contribution in [0.4, 0.5) is 0 Å². The van der Waals surface area contributed by atoms with Gasteiger partial charge >= 0.3 is 0 Å². The zero-order chi connectivity index (χ0) is 15.1. The van der Waals surface area contributed by atoms with Crippen LogP contribution < -0.4 is 5.48 Å². The lowest BCUT2D eigenvalue weighted by molar-refractivity contribution is -0.0700. The Bertz CT molecular complexity index is 271. The number of hydrogen-bond acceptors (Lipinski definition) is 3. The van der Waals surface area contributed by atoms with E-state index in [1.807, 2.05) is 13.8 Å². The Morgan fingerprint density at radius 2 is 1.42 bits per heavy atom. The summed E-state index contributed by atoms with van der Waals surface area (Å²) in [5.41, 5.74) is 2.28. The largest absolute Gasteiger partial charge is 0.389 e. The molecule has 0 spiro atoms. The Labute approximate surface area is 118 Å². The molecule has 0 aliphatic carbocycles. The molecule has 0 unspecified atom stereocenters. The van der Waals surface area contributed by atoms with E-state index in [9.17, 15) is 0 Å². The highest BCUT2D eigenvalue weighted by Gasteiger charge is 2.21. The second-order valence-corrected chi connectivity index (χ2v) is 7.26. The molecule has 114 valence electrons. The summed E-state index contributed by atoms with van der Waals surface area (Å²) in [6.07, 6.45) is 3.40. The first-order chi connectivity index (χ1) is 8.54. The molecule has 19 heavy (non-hydrogen) atoms. The molecule has 0 saturated heterocycles. The van der Waals surface area contributed by atoms with Crippen molar-refractivity contribution in [2.45, 2.75) is 79.4 Å². The van der Waals surface area contributed by atoms with Crippen LogP contribution in [0.5, 0.6) is 0 Å². The summed E-state index contributed by atoms with van der Waals surface area (Å²) in [4.78, 5) is 11.0. The minimum absolute atomic E-state index is 0.215. The fourth-order valence-electron chi connectivity index (χ4n) is 2.42. The Morgan fingerprint density at radius 1 is 0.947 bits per heavy atom. The maximum absolute atomic E-state index is 5.56. The van der Waals surface area contributed by atoms with Crippen molar-refractivity contribution >= 4 is 6.34 Å². The molecule has 0 aliphatic rings. The van der Waals surface area contributed by atoms with Crippen LogP contribution in [-0.2, 0) is 9.68 Å². The highest BCUT2D eigenvalue weighted by Crippen LogP contribution is 2.20. The van der Waals surface area contributed by atoms with E-state index < -0.39 is 0 Å². The molecule has 0 aliphatic heterocycles. The van der Waals surface area contributed by atoms with E-state index in [1.165, 1.54) is 6.34 Å². The van der Waals surface area contributed by atoms with Crippen LogP contribution in [0.1, 0.15) is 68.2 Å². The van der Waals surface area contributed by atoms with E-state index in [1.54, 1.807) is 0 Å². The van der Waals surface area contributed by atoms with E-state index in [-0.39, 0.29) is 11.2 Å². The monoisotopic (exact) mass is 272 g/mol. The first-order valence-corrected chi connectivity index (χ1v) is 7.17. The highest BCUT2D eigenvalue weighted by molar-refractivity contribution is 5.51. The van der Waals surface area contributed by atoms with Gasteiger partial charge in [-0.05, 0) is 52.4 Å². The third kappa shape index (κ3) is 10.8. The molecular weight excluding hydrogens is 240 g/mol. The van der Waals surface area contributed by atoms with Crippen LogP contribution in [0, 0.1) is 11.8 Å². The van der Waals surface area contributed by atoms with Gasteiger partial charge in [0, 0.05) is 0 Å². The number of rotatable bonds is 9. The molecule has 0 saturated carbocycles. The summed E-state index contributed by atoms with van der Waals surface area (Å²) in [7, 11) is 0. The van der Waals surface area contributed by atoms with Gasteiger partial charge in [0.2, 0.25) is 0 Å². The van der Waals surface area contributed by atoms with E-state index in [0.717, 1.165) is 12.8 Å². The lowest BCUT2D eigenvalue weighted by atomic mass is 9.96. The van der Waals surface area contributed by atoms with Crippen LogP contribution in [-0.4, -0.2) is 17.5 Å². The predicted molar refractivity (Wildman–Crippen MR) is 80.9 cm³/mol. The Morgan fingerprint density at radius 3 is 1.89 bits per heavy atom. The molecule has 0 atom stereocenters. The quantitative estimate of drug-likeness (QED) is 0.390. The zero-order valence-corrected chi connectivity index (χ0v) is 13.9. The zero-order valence-electron chi connectivity index (χ0n) is 13.9. The average molecular weight is 272 g/mol. The SMILES string of the molecule is CC(C)CC(C)(C)ON=CNOC(C)(C)CC(C)C. The lowest BCUT2D eigenvalue weighted by Gasteiger charge is -2.26. The maximum atomic E-state index is 5.56. The van der Waals surface area contributed by atoms with E-state index in [2.05, 4.69) is 52.2 Å². The van der Waals surface area contributed by atoms with E-state index in [4.69, 9.17) is 9.68 Å². The van der Waals surface area contributed by atoms with Crippen LogP contribution in [0.2, 0.25) is 0 Å². The maximum Gasteiger partial charge on any atom is 0.152 e. The van der Waals surface area contributed by atoms with Gasteiger partial charge in [-0.2, -0.15) is 0 Å². The first kappa shape index (κ1) is 18.2. The summed E-state index contributed by atoms with van der Waals surface area (Å²) >= 11 is 0. The van der Waals surface area contributed by atoms with Crippen LogP contribution in [0.25, 0.3) is 0 Å². The first-order valence-electron chi connectivity index (χ1n) is 7.17. The van der Waals surface area contributed by atoms with Crippen molar-refractivity contribution in [2.75, 3.05) is 0 Å². The lowest BCUT2D eigenvalue weighted by Crippen LogP contribution is -2.33. The highest BCUT2D eigenvalue weighted by atomic mass is 16.7. The van der Waals surface area contributed by atoms with Crippen molar-refractivity contribution in [3.05, 3.63) is 0 Å². The summed E-state index contributed by atoms with van der Waals surface area (Å²) < 4.78 is 0. The Balaban J connectivity index is 3.98. The van der Waals surface area contributed by atoms with Crippen molar-refractivity contribution in [1.82, 2.24) is 5.48 Å². The fourth-order valence-corrected chi connectivity index (χ4v) is 2.42. The number of hydrogen-bond donors (Lipinski definition) is 1. The molecule has 0 bridgehead atoms. The van der Waals surface area contributed by atoms with Crippen LogP contribution >= 0.6 is 0 Å². The second kappa shape index (κ2) is 7.73. The molecule has 1 N–H and O–H groups in total. The minimum atomic E-state index is -0.250. The van der Waals surface area contributed by atoms with Gasteiger partial charge in [0.15, 0.2) is 6.34 Å². The fraction of sp³-hybridized carbons (Fsp3) is 0.933. The number of hydroxylamine groups is 1. The van der Waals surface area contributed by atoms with Crippen molar-refractivity contribution in [3.8, 4) is 0 Å². The molecule has 0 radical (unpaired) electrons. The number of nitrogens with one attached hydrogen (secondary N) is 1. The Kier molecular flexibility index (Phi) is 7.42. The summed E-state index contributed by atoms with van der Waals surface area (Å²) in [6, 6.07) is 0. The molecule has 0 aromatic heterocycles. The molecule has 0 rings (SSSR count). The van der Waals surface area contributed by atoms with Crippen molar-refractivity contribution in [3.63, 3.8) is 0 Å². The van der Waals surface area contributed by atoms with Gasteiger partial charge in [-0.3, -0.25) is 10.3 Å². The van der Waals surface area contributed by atoms with Gasteiger partial charge in [0.05, 0.1) is 5.60 Å². The molecular formula is C15H32N2O2. The van der Waals surface area contributed by atoms with E-state index in [0.29, 0.717) is 11.8 Å². The molecule has 4 heteroatoms. The molecule has 0 fully saturated rings. The van der Waals surface area contributed by atoms with Crippen LogP contribution in [0.15, 0.2) is 5.16 Å². The standard InChI is InChI=1S/C15H32N2O2/c1-12(2)9-14(5,6)18-16-11-17-19-15(7,8)10-13(3)4/h11-13H,9-10H2,1-8H3,(H,16,17). The normalized spacial score (nSPS) is 13.6. The van der Waals surface area contributed by atoms with Crippen LogP contribution in [0.3, 0.4) is 0 Å². The molecule has 0 heterocycles. The minimum Gasteiger partial charge on any atom is -0.389 e. The second-order valence-electron chi connectivity index (χ2n) is 7.26. The van der Waals surface area contributed by atoms with Gasteiger partial charge in [0.25, 0.3) is 0 Å². The third-order valence-corrected chi connectivity index (χ3v) is 2.54. The molecule has 0 amide bonds. The smallest absolute Gasteiger partial charge is 0.152 e. The predicted octanol–water partition coefficient (Wildman–Crippen LogP) is 4.12. The van der Waals surface area contributed by atoms with Gasteiger partial charge in [-0.1, -0.05) is 32.9 Å². The van der Waals surface area contributed by atoms with Crippen molar-refractivity contribution in [2.24, 2.45) is 17.0 Å². The van der Waals surface area contributed by atoms with Gasteiger partial charge in [-0.15, -0.1) is 0 Å². The van der Waals surface area contributed by atoms with Gasteiger partial charge in [0.1, 0.15) is 5.60 Å². The third-order valence-electron chi connectivity index (χ3n) is 2.54.